The second-order valence-corrected chi connectivity index (χ2v) is 5.99. The number of hydrogen-bond donors (Lipinski definition) is 1. The first kappa shape index (κ1) is 11.9. The number of ketones is 1. The molecule has 0 fully saturated rings. The zero-order chi connectivity index (χ0) is 11.5. The second kappa shape index (κ2) is 5.15. The van der Waals surface area contributed by atoms with E-state index in [4.69, 9.17) is 0 Å². The molecule has 1 aromatic rings. The zero-order valence-corrected chi connectivity index (χ0v) is 11.0. The Morgan fingerprint density at radius 2 is 2.00 bits per heavy atom. The Balaban J connectivity index is 2.27. The van der Waals surface area contributed by atoms with Crippen LogP contribution in [-0.4, -0.2) is 29.4 Å². The molecule has 1 unspecified atom stereocenters. The number of Topliss-reactive ketones (excluding diaryl/α,β-unsaturated/α-hetero) is 1. The predicted octanol–water partition coefficient (Wildman–Crippen LogP) is 2.96. The molecule has 1 atom stereocenters. The quantitative estimate of drug-likeness (QED) is 0.839. The number of nitrogens with one attached hydrogen (secondary N) is 1. The highest BCUT2D eigenvalue weighted by atomic mass is 32.2. The van der Waals surface area contributed by atoms with Crippen LogP contribution in [0.1, 0.15) is 10.4 Å². The van der Waals surface area contributed by atoms with Gasteiger partial charge >= 0.3 is 0 Å². The minimum atomic E-state index is 0.0832. The van der Waals surface area contributed by atoms with Crippen LogP contribution < -0.4 is 5.32 Å². The Hall–Kier alpha value is -0.610. The Labute approximate surface area is 105 Å². The van der Waals surface area contributed by atoms with Gasteiger partial charge < -0.3 is 5.32 Å². The van der Waals surface area contributed by atoms with E-state index in [0.29, 0.717) is 4.58 Å². The summed E-state index contributed by atoms with van der Waals surface area (Å²) in [5.74, 6) is 0.364. The summed E-state index contributed by atoms with van der Waals surface area (Å²) in [6.07, 6.45) is 4.13. The van der Waals surface area contributed by atoms with Gasteiger partial charge in [-0.1, -0.05) is 12.1 Å². The van der Waals surface area contributed by atoms with Crippen LogP contribution in [0.25, 0.3) is 0 Å². The highest BCUT2D eigenvalue weighted by molar-refractivity contribution is 8.16. The van der Waals surface area contributed by atoms with Gasteiger partial charge in [0.05, 0.1) is 10.5 Å². The van der Waals surface area contributed by atoms with Crippen molar-refractivity contribution in [1.29, 1.82) is 0 Å². The van der Waals surface area contributed by atoms with Crippen molar-refractivity contribution in [3.63, 3.8) is 0 Å². The summed E-state index contributed by atoms with van der Waals surface area (Å²) in [5, 5.41) is 3.34. The Morgan fingerprint density at radius 1 is 1.31 bits per heavy atom. The summed E-state index contributed by atoms with van der Waals surface area (Å²) >= 11 is 3.51. The fraction of sp³-hybridized carbons (Fsp3) is 0.417. The lowest BCUT2D eigenvalue weighted by molar-refractivity contribution is 0.0931. The number of para-hydroxylation sites is 1. The van der Waals surface area contributed by atoms with E-state index in [1.54, 1.807) is 23.5 Å². The molecule has 1 aliphatic heterocycles. The number of thioether (sulfide) groups is 2. The Morgan fingerprint density at radius 3 is 2.69 bits per heavy atom. The van der Waals surface area contributed by atoms with E-state index in [2.05, 4.69) is 17.8 Å². The standard InChI is InChI=1S/C12H15NOS2/c1-15-12(16-2)9-7-13-10-6-4-3-5-8(10)11(9)14/h3-6,9,12-13H,7H2,1-2H3. The lowest BCUT2D eigenvalue weighted by atomic mass is 9.94. The summed E-state index contributed by atoms with van der Waals surface area (Å²) in [4.78, 5) is 12.3. The third-order valence-electron chi connectivity index (χ3n) is 2.83. The fourth-order valence-corrected chi connectivity index (χ4v) is 3.88. The summed E-state index contributed by atoms with van der Waals surface area (Å²) in [7, 11) is 0. The molecule has 0 aliphatic carbocycles. The number of anilines is 1. The van der Waals surface area contributed by atoms with Crippen LogP contribution in [0.3, 0.4) is 0 Å². The van der Waals surface area contributed by atoms with Crippen molar-refractivity contribution in [1.82, 2.24) is 0 Å². The molecule has 0 saturated carbocycles. The summed E-state index contributed by atoms with van der Waals surface area (Å²) in [6.45, 7) is 0.752. The van der Waals surface area contributed by atoms with Crippen molar-refractivity contribution in [2.75, 3.05) is 24.4 Å². The molecule has 0 bridgehead atoms. The molecule has 0 saturated heterocycles. The van der Waals surface area contributed by atoms with Crippen molar-refractivity contribution in [3.05, 3.63) is 29.8 Å². The molecule has 1 heterocycles. The maximum Gasteiger partial charge on any atom is 0.171 e. The van der Waals surface area contributed by atoms with Gasteiger partial charge in [0.1, 0.15) is 0 Å². The van der Waals surface area contributed by atoms with E-state index in [-0.39, 0.29) is 11.7 Å². The number of carbonyl (C=O) groups excluding carboxylic acids is 1. The minimum absolute atomic E-state index is 0.0832. The van der Waals surface area contributed by atoms with Crippen LogP contribution in [0.4, 0.5) is 5.69 Å². The van der Waals surface area contributed by atoms with Gasteiger partial charge in [0, 0.05) is 17.8 Å². The molecular weight excluding hydrogens is 238 g/mol. The number of rotatable bonds is 3. The normalized spacial score (nSPS) is 19.4. The highest BCUT2D eigenvalue weighted by Gasteiger charge is 2.32. The molecule has 1 aromatic carbocycles. The van der Waals surface area contributed by atoms with E-state index in [1.807, 2.05) is 24.3 Å². The van der Waals surface area contributed by atoms with Gasteiger partial charge in [0.2, 0.25) is 0 Å². The van der Waals surface area contributed by atoms with E-state index < -0.39 is 0 Å². The zero-order valence-electron chi connectivity index (χ0n) is 9.40. The first-order valence-corrected chi connectivity index (χ1v) is 7.78. The molecule has 16 heavy (non-hydrogen) atoms. The molecular formula is C12H15NOS2. The van der Waals surface area contributed by atoms with Crippen molar-refractivity contribution in [2.45, 2.75) is 4.58 Å². The Kier molecular flexibility index (Phi) is 3.82. The third-order valence-corrected chi connectivity index (χ3v) is 5.58. The molecule has 2 rings (SSSR count). The smallest absolute Gasteiger partial charge is 0.171 e. The summed E-state index contributed by atoms with van der Waals surface area (Å²) in [5.41, 5.74) is 1.82. The van der Waals surface area contributed by atoms with Crippen LogP contribution in [-0.2, 0) is 0 Å². The first-order valence-electron chi connectivity index (χ1n) is 5.20. The highest BCUT2D eigenvalue weighted by Crippen LogP contribution is 2.34. The maximum atomic E-state index is 12.3. The van der Waals surface area contributed by atoms with Gasteiger partial charge in [-0.05, 0) is 24.6 Å². The van der Waals surface area contributed by atoms with Gasteiger partial charge in [-0.3, -0.25) is 4.79 Å². The monoisotopic (exact) mass is 253 g/mol. The largest absolute Gasteiger partial charge is 0.384 e. The molecule has 86 valence electrons. The van der Waals surface area contributed by atoms with E-state index in [9.17, 15) is 4.79 Å². The molecule has 0 aromatic heterocycles. The van der Waals surface area contributed by atoms with Crippen molar-refractivity contribution in [3.8, 4) is 0 Å². The molecule has 0 spiro atoms. The van der Waals surface area contributed by atoms with Crippen LogP contribution in [0.5, 0.6) is 0 Å². The molecule has 4 heteroatoms. The molecule has 0 radical (unpaired) electrons. The maximum absolute atomic E-state index is 12.3. The van der Waals surface area contributed by atoms with Gasteiger partial charge in [-0.15, -0.1) is 0 Å². The predicted molar refractivity (Wildman–Crippen MR) is 73.6 cm³/mol. The second-order valence-electron chi connectivity index (χ2n) is 3.74. The number of carbonyl (C=O) groups is 1. The molecule has 0 amide bonds. The molecule has 2 nitrogen and oxygen atoms in total. The van der Waals surface area contributed by atoms with E-state index in [1.165, 1.54) is 0 Å². The summed E-state index contributed by atoms with van der Waals surface area (Å²) < 4.78 is 0.341. The fourth-order valence-electron chi connectivity index (χ4n) is 2.01. The topological polar surface area (TPSA) is 29.1 Å². The minimum Gasteiger partial charge on any atom is -0.384 e. The SMILES string of the molecule is CSC(SC)C1CNc2ccccc2C1=O. The molecule has 1 aliphatic rings. The first-order chi connectivity index (χ1) is 7.77. The van der Waals surface area contributed by atoms with E-state index >= 15 is 0 Å². The van der Waals surface area contributed by atoms with Gasteiger partial charge in [-0.2, -0.15) is 23.5 Å². The van der Waals surface area contributed by atoms with Gasteiger partial charge in [0.25, 0.3) is 0 Å². The van der Waals surface area contributed by atoms with Crippen molar-refractivity contribution < 1.29 is 4.79 Å². The van der Waals surface area contributed by atoms with Crippen LogP contribution in [0, 0.1) is 5.92 Å². The van der Waals surface area contributed by atoms with Crippen LogP contribution in [0.15, 0.2) is 24.3 Å². The van der Waals surface area contributed by atoms with Gasteiger partial charge in [0.15, 0.2) is 5.78 Å². The van der Waals surface area contributed by atoms with Gasteiger partial charge in [-0.25, -0.2) is 0 Å². The van der Waals surface area contributed by atoms with Crippen molar-refractivity contribution >= 4 is 35.0 Å². The number of hydrogen-bond acceptors (Lipinski definition) is 4. The third kappa shape index (κ3) is 2.09. The number of benzene rings is 1. The van der Waals surface area contributed by atoms with Crippen molar-refractivity contribution in [2.24, 2.45) is 5.92 Å². The average Bonchev–Trinajstić information content (AvgIpc) is 2.34. The lowest BCUT2D eigenvalue weighted by Gasteiger charge is -2.29. The average molecular weight is 253 g/mol. The number of fused-ring (bicyclic) bond motifs is 1. The summed E-state index contributed by atoms with van der Waals surface area (Å²) in [6, 6.07) is 7.76. The Bertz CT molecular complexity index is 390. The van der Waals surface area contributed by atoms with Crippen LogP contribution >= 0.6 is 23.5 Å². The van der Waals surface area contributed by atoms with Crippen LogP contribution in [0.2, 0.25) is 0 Å². The van der Waals surface area contributed by atoms with E-state index in [0.717, 1.165) is 17.8 Å². The molecule has 1 N–H and O–H groups in total. The lowest BCUT2D eigenvalue weighted by Crippen LogP contribution is -2.35.